The van der Waals surface area contributed by atoms with E-state index < -0.39 is 4.92 Å². The average molecular weight is 296 g/mol. The molecule has 0 aliphatic heterocycles. The van der Waals surface area contributed by atoms with E-state index in [1.807, 2.05) is 20.8 Å². The lowest BCUT2D eigenvalue weighted by Gasteiger charge is -2.12. The zero-order valence-corrected chi connectivity index (χ0v) is 13.2. The number of aromatic nitrogens is 2. The zero-order valence-electron chi connectivity index (χ0n) is 13.2. The van der Waals surface area contributed by atoms with Gasteiger partial charge in [0.05, 0.1) is 11.5 Å². The molecule has 21 heavy (non-hydrogen) atoms. The van der Waals surface area contributed by atoms with Crippen LogP contribution in [0.4, 0.5) is 11.5 Å². The van der Waals surface area contributed by atoms with Crippen LogP contribution in [0, 0.1) is 16.0 Å². The van der Waals surface area contributed by atoms with E-state index in [1.165, 1.54) is 0 Å². The summed E-state index contributed by atoms with van der Waals surface area (Å²) >= 11 is 0. The van der Waals surface area contributed by atoms with Crippen LogP contribution in [-0.2, 0) is 6.42 Å². The smallest absolute Gasteiger partial charge is 0.372 e. The Hall–Kier alpha value is -1.92. The van der Waals surface area contributed by atoms with E-state index >= 15 is 0 Å². The van der Waals surface area contributed by atoms with Crippen molar-refractivity contribution in [2.75, 3.05) is 18.5 Å². The number of aryl methyl sites for hydroxylation is 1. The highest BCUT2D eigenvalue weighted by Gasteiger charge is 2.26. The number of anilines is 1. The molecule has 0 amide bonds. The highest BCUT2D eigenvalue weighted by Crippen LogP contribution is 2.32. The van der Waals surface area contributed by atoms with E-state index in [1.54, 1.807) is 0 Å². The first-order valence-corrected chi connectivity index (χ1v) is 7.41. The maximum atomic E-state index is 11.3. The van der Waals surface area contributed by atoms with Crippen molar-refractivity contribution in [3.8, 4) is 5.88 Å². The predicted molar refractivity (Wildman–Crippen MR) is 81.8 cm³/mol. The van der Waals surface area contributed by atoms with Gasteiger partial charge in [-0.15, -0.1) is 0 Å². The molecule has 0 atom stereocenters. The molecule has 1 rings (SSSR count). The molecule has 118 valence electrons. The lowest BCUT2D eigenvalue weighted by molar-refractivity contribution is -0.385. The molecule has 0 saturated heterocycles. The first-order valence-electron chi connectivity index (χ1n) is 7.41. The van der Waals surface area contributed by atoms with Crippen LogP contribution in [0.1, 0.15) is 46.4 Å². The minimum atomic E-state index is -0.483. The molecule has 0 aliphatic rings. The molecule has 0 unspecified atom stereocenters. The zero-order chi connectivity index (χ0) is 15.8. The van der Waals surface area contributed by atoms with E-state index in [0.717, 1.165) is 12.8 Å². The highest BCUT2D eigenvalue weighted by atomic mass is 16.6. The molecule has 0 aromatic carbocycles. The molecule has 0 aliphatic carbocycles. The van der Waals surface area contributed by atoms with E-state index in [4.69, 9.17) is 4.74 Å². The van der Waals surface area contributed by atoms with E-state index in [0.29, 0.717) is 25.4 Å². The topological polar surface area (TPSA) is 90.2 Å². The summed E-state index contributed by atoms with van der Waals surface area (Å²) in [7, 11) is 0. The van der Waals surface area contributed by atoms with Crippen LogP contribution in [0.15, 0.2) is 0 Å². The van der Waals surface area contributed by atoms with Gasteiger partial charge in [0, 0.05) is 13.0 Å². The summed E-state index contributed by atoms with van der Waals surface area (Å²) in [5.74, 6) is 1.11. The lowest BCUT2D eigenvalue weighted by Crippen LogP contribution is -2.13. The van der Waals surface area contributed by atoms with Crippen LogP contribution in [0.5, 0.6) is 5.88 Å². The van der Waals surface area contributed by atoms with Gasteiger partial charge in [-0.25, -0.2) is 4.98 Å². The van der Waals surface area contributed by atoms with Crippen molar-refractivity contribution >= 4 is 11.5 Å². The first-order chi connectivity index (χ1) is 9.99. The second kappa shape index (κ2) is 8.39. The Morgan fingerprint density at radius 1 is 1.33 bits per heavy atom. The van der Waals surface area contributed by atoms with Gasteiger partial charge in [-0.1, -0.05) is 34.1 Å². The molecule has 1 aromatic rings. The van der Waals surface area contributed by atoms with Gasteiger partial charge in [0.25, 0.3) is 5.88 Å². The van der Waals surface area contributed by atoms with Crippen LogP contribution in [0.25, 0.3) is 0 Å². The van der Waals surface area contributed by atoms with Crippen LogP contribution in [-0.4, -0.2) is 28.0 Å². The number of hydrogen-bond acceptors (Lipinski definition) is 6. The average Bonchev–Trinajstić information content (AvgIpc) is 2.44. The number of hydrogen-bond donors (Lipinski definition) is 1. The second-order valence-electron chi connectivity index (χ2n) is 5.24. The molecule has 1 heterocycles. The van der Waals surface area contributed by atoms with Crippen molar-refractivity contribution in [2.45, 2.75) is 47.0 Å². The van der Waals surface area contributed by atoms with Crippen molar-refractivity contribution in [3.05, 3.63) is 15.9 Å². The Morgan fingerprint density at radius 2 is 2.05 bits per heavy atom. The SMILES string of the molecule is CCCCNc1nc(CC)nc(OCC(C)C)c1[N+](=O)[O-]. The monoisotopic (exact) mass is 296 g/mol. The standard InChI is InChI=1S/C14H24N4O3/c1-5-7-8-15-13-12(18(19)20)14(21-9-10(3)4)17-11(6-2)16-13/h10H,5-9H2,1-4H3,(H,15,16,17). The van der Waals surface area contributed by atoms with Crippen molar-refractivity contribution < 1.29 is 9.66 Å². The number of rotatable bonds is 9. The summed E-state index contributed by atoms with van der Waals surface area (Å²) in [5.41, 5.74) is -0.177. The van der Waals surface area contributed by atoms with Crippen LogP contribution >= 0.6 is 0 Å². The molecule has 0 fully saturated rings. The van der Waals surface area contributed by atoms with Gasteiger partial charge in [-0.2, -0.15) is 4.98 Å². The van der Waals surface area contributed by atoms with E-state index in [2.05, 4.69) is 22.2 Å². The van der Waals surface area contributed by atoms with E-state index in [-0.39, 0.29) is 23.3 Å². The number of ether oxygens (including phenoxy) is 1. The Balaban J connectivity index is 3.12. The van der Waals surface area contributed by atoms with Crippen molar-refractivity contribution in [3.63, 3.8) is 0 Å². The lowest BCUT2D eigenvalue weighted by atomic mass is 10.2. The summed E-state index contributed by atoms with van der Waals surface area (Å²) in [6.45, 7) is 8.95. The Labute approximate surface area is 125 Å². The van der Waals surface area contributed by atoms with Gasteiger partial charge >= 0.3 is 5.69 Å². The summed E-state index contributed by atoms with van der Waals surface area (Å²) < 4.78 is 5.52. The molecule has 7 heteroatoms. The quantitative estimate of drug-likeness (QED) is 0.427. The van der Waals surface area contributed by atoms with Gasteiger partial charge in [-0.05, 0) is 12.3 Å². The fourth-order valence-electron chi connectivity index (χ4n) is 1.65. The van der Waals surface area contributed by atoms with Crippen molar-refractivity contribution in [2.24, 2.45) is 5.92 Å². The van der Waals surface area contributed by atoms with Gasteiger partial charge < -0.3 is 10.1 Å². The molecule has 0 radical (unpaired) electrons. The maximum Gasteiger partial charge on any atom is 0.372 e. The minimum Gasteiger partial charge on any atom is -0.472 e. The highest BCUT2D eigenvalue weighted by molar-refractivity contribution is 5.61. The fourth-order valence-corrected chi connectivity index (χ4v) is 1.65. The second-order valence-corrected chi connectivity index (χ2v) is 5.24. The van der Waals surface area contributed by atoms with Gasteiger partial charge in [0.15, 0.2) is 0 Å². The Kier molecular flexibility index (Phi) is 6.84. The van der Waals surface area contributed by atoms with Gasteiger partial charge in [-0.3, -0.25) is 10.1 Å². The van der Waals surface area contributed by atoms with Gasteiger partial charge in [0.1, 0.15) is 5.82 Å². The first kappa shape index (κ1) is 17.1. The third-order valence-corrected chi connectivity index (χ3v) is 2.77. The Bertz CT molecular complexity index is 478. The summed E-state index contributed by atoms with van der Waals surface area (Å²) in [6.07, 6.45) is 2.52. The third kappa shape index (κ3) is 5.17. The molecule has 0 saturated carbocycles. The summed E-state index contributed by atoms with van der Waals surface area (Å²) in [4.78, 5) is 19.2. The number of nitrogens with zero attached hydrogens (tertiary/aromatic N) is 3. The largest absolute Gasteiger partial charge is 0.472 e. The maximum absolute atomic E-state index is 11.3. The molecule has 0 spiro atoms. The normalized spacial score (nSPS) is 10.7. The third-order valence-electron chi connectivity index (χ3n) is 2.77. The molecular weight excluding hydrogens is 272 g/mol. The van der Waals surface area contributed by atoms with E-state index in [9.17, 15) is 10.1 Å². The van der Waals surface area contributed by atoms with Crippen LogP contribution < -0.4 is 10.1 Å². The number of unbranched alkanes of at least 4 members (excludes halogenated alkanes) is 1. The van der Waals surface area contributed by atoms with Crippen LogP contribution in [0.3, 0.4) is 0 Å². The fraction of sp³-hybridized carbons (Fsp3) is 0.714. The van der Waals surface area contributed by atoms with Crippen LogP contribution in [0.2, 0.25) is 0 Å². The summed E-state index contributed by atoms with van der Waals surface area (Å²) in [5, 5.41) is 14.4. The molecular formula is C14H24N4O3. The van der Waals surface area contributed by atoms with Crippen molar-refractivity contribution in [1.82, 2.24) is 9.97 Å². The predicted octanol–water partition coefficient (Wildman–Crippen LogP) is 3.19. The Morgan fingerprint density at radius 3 is 2.57 bits per heavy atom. The molecule has 0 bridgehead atoms. The molecule has 1 aromatic heterocycles. The molecule has 1 N–H and O–H groups in total. The van der Waals surface area contributed by atoms with Crippen molar-refractivity contribution in [1.29, 1.82) is 0 Å². The number of nitro groups is 1. The number of nitrogens with one attached hydrogen (secondary N) is 1. The minimum absolute atomic E-state index is 0.0551. The molecule has 7 nitrogen and oxygen atoms in total. The summed E-state index contributed by atoms with van der Waals surface area (Å²) in [6, 6.07) is 0. The van der Waals surface area contributed by atoms with Gasteiger partial charge in [0.2, 0.25) is 5.82 Å².